The molecule has 0 aromatic carbocycles. The second-order valence-electron chi connectivity index (χ2n) is 3.06. The molecule has 1 heterocycles. The average Bonchev–Trinajstić information content (AvgIpc) is 2.26. The molecule has 0 radical (unpaired) electrons. The molecule has 0 saturated carbocycles. The Balaban J connectivity index is 2.64. The number of thioether (sulfide) groups is 1. The molecular weight excluding hydrogens is 194 g/mol. The number of hydrogen-bond acceptors (Lipinski definition) is 4. The highest BCUT2D eigenvalue weighted by atomic mass is 32.2. The molecule has 0 saturated heterocycles. The van der Waals surface area contributed by atoms with E-state index in [2.05, 4.69) is 34.6 Å². The van der Waals surface area contributed by atoms with Gasteiger partial charge in [0.15, 0.2) is 0 Å². The van der Waals surface area contributed by atoms with Crippen LogP contribution in [0.1, 0.15) is 0 Å². The van der Waals surface area contributed by atoms with Crippen molar-refractivity contribution >= 4 is 23.3 Å². The van der Waals surface area contributed by atoms with E-state index in [0.29, 0.717) is 0 Å². The van der Waals surface area contributed by atoms with Gasteiger partial charge in [-0.15, -0.1) is 0 Å². The zero-order valence-electron chi connectivity index (χ0n) is 8.95. The maximum Gasteiger partial charge on any atom is 0.127 e. The smallest absolute Gasteiger partial charge is 0.127 e. The lowest BCUT2D eigenvalue weighted by Crippen LogP contribution is -2.20. The summed E-state index contributed by atoms with van der Waals surface area (Å²) in [7, 11) is 3.99. The lowest BCUT2D eigenvalue weighted by Gasteiger charge is -2.18. The number of hydrogen-bond donors (Lipinski definition) is 1. The number of anilines is 2. The molecule has 14 heavy (non-hydrogen) atoms. The maximum absolute atomic E-state index is 4.18. The summed E-state index contributed by atoms with van der Waals surface area (Å²) in [5.74, 6) is 2.06. The first-order valence-corrected chi connectivity index (χ1v) is 6.01. The molecular formula is C10H17N3S. The fraction of sp³-hybridized carbons (Fsp3) is 0.500. The van der Waals surface area contributed by atoms with Gasteiger partial charge in [-0.2, -0.15) is 11.8 Å². The number of aromatic nitrogens is 1. The minimum absolute atomic E-state index is 0.915. The first-order valence-electron chi connectivity index (χ1n) is 4.62. The standard InChI is InChI=1S/C10H17N3S/c1-11-10-8-9(4-5-12-10)13(2)6-7-14-3/h4-5,8H,6-7H2,1-3H3,(H,11,12). The maximum atomic E-state index is 4.18. The SMILES string of the molecule is CNc1cc(N(C)CCSC)ccn1. The van der Waals surface area contributed by atoms with Gasteiger partial charge in [0.1, 0.15) is 5.82 Å². The van der Waals surface area contributed by atoms with Crippen molar-refractivity contribution in [1.29, 1.82) is 0 Å². The van der Waals surface area contributed by atoms with E-state index in [9.17, 15) is 0 Å². The second-order valence-corrected chi connectivity index (χ2v) is 4.05. The third kappa shape index (κ3) is 3.10. The van der Waals surface area contributed by atoms with Crippen molar-refractivity contribution < 1.29 is 0 Å². The molecule has 1 aromatic heterocycles. The Kier molecular flexibility index (Phi) is 4.59. The van der Waals surface area contributed by atoms with Crippen LogP contribution < -0.4 is 10.2 Å². The third-order valence-electron chi connectivity index (χ3n) is 2.07. The van der Waals surface area contributed by atoms with Crippen molar-refractivity contribution in [2.45, 2.75) is 0 Å². The quantitative estimate of drug-likeness (QED) is 0.805. The lowest BCUT2D eigenvalue weighted by atomic mass is 10.3. The highest BCUT2D eigenvalue weighted by molar-refractivity contribution is 7.98. The summed E-state index contributed by atoms with van der Waals surface area (Å²) in [5, 5.41) is 3.04. The van der Waals surface area contributed by atoms with E-state index in [1.165, 1.54) is 5.69 Å². The van der Waals surface area contributed by atoms with Crippen molar-refractivity contribution in [3.63, 3.8) is 0 Å². The summed E-state index contributed by atoms with van der Waals surface area (Å²) in [6, 6.07) is 4.08. The summed E-state index contributed by atoms with van der Waals surface area (Å²) in [5.41, 5.74) is 1.21. The Morgan fingerprint density at radius 3 is 3.00 bits per heavy atom. The van der Waals surface area contributed by atoms with Crippen molar-refractivity contribution in [2.75, 3.05) is 42.9 Å². The first kappa shape index (κ1) is 11.2. The van der Waals surface area contributed by atoms with E-state index < -0.39 is 0 Å². The van der Waals surface area contributed by atoms with Crippen LogP contribution in [0.25, 0.3) is 0 Å². The van der Waals surface area contributed by atoms with Crippen LogP contribution in [-0.4, -0.2) is 37.6 Å². The largest absolute Gasteiger partial charge is 0.374 e. The molecule has 0 fully saturated rings. The van der Waals surface area contributed by atoms with Gasteiger partial charge in [0.05, 0.1) is 0 Å². The minimum Gasteiger partial charge on any atom is -0.374 e. The topological polar surface area (TPSA) is 28.2 Å². The molecule has 4 heteroatoms. The fourth-order valence-corrected chi connectivity index (χ4v) is 1.61. The minimum atomic E-state index is 0.915. The van der Waals surface area contributed by atoms with Crippen molar-refractivity contribution in [1.82, 2.24) is 4.98 Å². The van der Waals surface area contributed by atoms with Crippen LogP contribution in [0.4, 0.5) is 11.5 Å². The number of pyridine rings is 1. The summed E-state index contributed by atoms with van der Waals surface area (Å²) in [4.78, 5) is 6.41. The first-order chi connectivity index (χ1) is 6.77. The molecule has 78 valence electrons. The summed E-state index contributed by atoms with van der Waals surface area (Å²) >= 11 is 1.86. The Labute approximate surface area is 89.9 Å². The predicted octanol–water partition coefficient (Wildman–Crippen LogP) is 1.92. The molecule has 3 nitrogen and oxygen atoms in total. The predicted molar refractivity (Wildman–Crippen MR) is 65.4 cm³/mol. The molecule has 0 aliphatic heterocycles. The lowest BCUT2D eigenvalue weighted by molar-refractivity contribution is 0.975. The van der Waals surface area contributed by atoms with Crippen LogP contribution in [-0.2, 0) is 0 Å². The molecule has 1 N–H and O–H groups in total. The molecule has 0 atom stereocenters. The molecule has 0 bridgehead atoms. The molecule has 0 aliphatic rings. The van der Waals surface area contributed by atoms with Gasteiger partial charge in [-0.25, -0.2) is 4.98 Å². The van der Waals surface area contributed by atoms with E-state index in [4.69, 9.17) is 0 Å². The van der Waals surface area contributed by atoms with Crippen molar-refractivity contribution in [2.24, 2.45) is 0 Å². The van der Waals surface area contributed by atoms with Crippen LogP contribution >= 0.6 is 11.8 Å². The van der Waals surface area contributed by atoms with E-state index in [1.807, 2.05) is 31.1 Å². The number of rotatable bonds is 5. The molecule has 0 unspecified atom stereocenters. The van der Waals surface area contributed by atoms with Crippen LogP contribution in [0.5, 0.6) is 0 Å². The molecule has 0 spiro atoms. The van der Waals surface area contributed by atoms with Gasteiger partial charge in [0.25, 0.3) is 0 Å². The van der Waals surface area contributed by atoms with E-state index >= 15 is 0 Å². The monoisotopic (exact) mass is 211 g/mol. The Morgan fingerprint density at radius 1 is 1.57 bits per heavy atom. The zero-order chi connectivity index (χ0) is 10.4. The van der Waals surface area contributed by atoms with Gasteiger partial charge in [-0.3, -0.25) is 0 Å². The average molecular weight is 211 g/mol. The number of nitrogens with one attached hydrogen (secondary N) is 1. The van der Waals surface area contributed by atoms with Crippen molar-refractivity contribution in [3.05, 3.63) is 18.3 Å². The summed E-state index contributed by atoms with van der Waals surface area (Å²) in [6.45, 7) is 1.06. The highest BCUT2D eigenvalue weighted by Crippen LogP contribution is 2.15. The molecule has 1 rings (SSSR count). The summed E-state index contributed by atoms with van der Waals surface area (Å²) in [6.07, 6.45) is 3.95. The summed E-state index contributed by atoms with van der Waals surface area (Å²) < 4.78 is 0. The Bertz CT molecular complexity index is 278. The van der Waals surface area contributed by atoms with Gasteiger partial charge in [0, 0.05) is 44.3 Å². The fourth-order valence-electron chi connectivity index (χ4n) is 1.15. The third-order valence-corrected chi connectivity index (χ3v) is 2.66. The Hall–Kier alpha value is -0.900. The van der Waals surface area contributed by atoms with E-state index in [1.54, 1.807) is 0 Å². The van der Waals surface area contributed by atoms with Crippen LogP contribution in [0.15, 0.2) is 18.3 Å². The van der Waals surface area contributed by atoms with Gasteiger partial charge in [-0.1, -0.05) is 0 Å². The van der Waals surface area contributed by atoms with E-state index in [-0.39, 0.29) is 0 Å². The Morgan fingerprint density at radius 2 is 2.36 bits per heavy atom. The van der Waals surface area contributed by atoms with Gasteiger partial charge in [-0.05, 0) is 12.3 Å². The second kappa shape index (κ2) is 5.75. The molecule has 0 aliphatic carbocycles. The van der Waals surface area contributed by atoms with Gasteiger partial charge >= 0.3 is 0 Å². The normalized spacial score (nSPS) is 9.93. The van der Waals surface area contributed by atoms with Crippen LogP contribution in [0, 0.1) is 0 Å². The van der Waals surface area contributed by atoms with Crippen LogP contribution in [0.3, 0.4) is 0 Å². The van der Waals surface area contributed by atoms with Gasteiger partial charge in [0.2, 0.25) is 0 Å². The molecule has 0 amide bonds. The zero-order valence-corrected chi connectivity index (χ0v) is 9.77. The van der Waals surface area contributed by atoms with Crippen LogP contribution in [0.2, 0.25) is 0 Å². The van der Waals surface area contributed by atoms with Crippen molar-refractivity contribution in [3.8, 4) is 0 Å². The van der Waals surface area contributed by atoms with Gasteiger partial charge < -0.3 is 10.2 Å². The molecule has 1 aromatic rings. The highest BCUT2D eigenvalue weighted by Gasteiger charge is 2.00. The van der Waals surface area contributed by atoms with E-state index in [0.717, 1.165) is 18.1 Å². The number of nitrogens with zero attached hydrogens (tertiary/aromatic N) is 2.